The number of anilines is 1. The lowest BCUT2D eigenvalue weighted by Crippen LogP contribution is -2.14. The summed E-state index contributed by atoms with van der Waals surface area (Å²) in [7, 11) is 0. The summed E-state index contributed by atoms with van der Waals surface area (Å²) in [6, 6.07) is 9.72. The standard InChI is InChI=1S/C20H21N7O/c1-13(2)27-19-16(9-22-27)8-18(14(3)24-19)20(28)25-17-6-4-15(5-7-17)10-26-12-21-11-23-26/h4-9,11-13H,10H2,1-3H3,(H,25,28). The highest BCUT2D eigenvalue weighted by atomic mass is 16.1. The van der Waals surface area contributed by atoms with Crippen molar-refractivity contribution in [2.75, 3.05) is 5.32 Å². The molecule has 0 spiro atoms. The van der Waals surface area contributed by atoms with Crippen LogP contribution in [-0.4, -0.2) is 35.4 Å². The van der Waals surface area contributed by atoms with Gasteiger partial charge in [0.2, 0.25) is 0 Å². The molecule has 0 unspecified atom stereocenters. The molecule has 142 valence electrons. The minimum atomic E-state index is -0.187. The Balaban J connectivity index is 1.52. The third kappa shape index (κ3) is 3.48. The van der Waals surface area contributed by atoms with Gasteiger partial charge in [0.15, 0.2) is 5.65 Å². The van der Waals surface area contributed by atoms with Gasteiger partial charge in [0.25, 0.3) is 5.91 Å². The lowest BCUT2D eigenvalue weighted by atomic mass is 10.1. The quantitative estimate of drug-likeness (QED) is 0.578. The summed E-state index contributed by atoms with van der Waals surface area (Å²) < 4.78 is 3.60. The summed E-state index contributed by atoms with van der Waals surface area (Å²) in [5.74, 6) is -0.187. The fraction of sp³-hybridized carbons (Fsp3) is 0.250. The molecule has 1 N–H and O–H groups in total. The van der Waals surface area contributed by atoms with Crippen molar-refractivity contribution in [3.8, 4) is 0 Å². The van der Waals surface area contributed by atoms with Gasteiger partial charge in [0, 0.05) is 17.1 Å². The van der Waals surface area contributed by atoms with Gasteiger partial charge in [-0.1, -0.05) is 12.1 Å². The number of nitrogens with zero attached hydrogens (tertiary/aromatic N) is 6. The van der Waals surface area contributed by atoms with E-state index in [4.69, 9.17) is 0 Å². The first kappa shape index (κ1) is 17.8. The molecule has 0 saturated heterocycles. The third-order valence-corrected chi connectivity index (χ3v) is 4.52. The normalized spacial score (nSPS) is 11.3. The summed E-state index contributed by atoms with van der Waals surface area (Å²) in [6.45, 7) is 6.58. The van der Waals surface area contributed by atoms with Crippen LogP contribution in [-0.2, 0) is 6.54 Å². The molecule has 4 aromatic rings. The molecule has 0 aliphatic heterocycles. The van der Waals surface area contributed by atoms with Crippen LogP contribution >= 0.6 is 0 Å². The number of rotatable bonds is 5. The number of carbonyl (C=O) groups excluding carboxylic acids is 1. The van der Waals surface area contributed by atoms with Crippen LogP contribution in [0.4, 0.5) is 5.69 Å². The average molecular weight is 375 g/mol. The lowest BCUT2D eigenvalue weighted by molar-refractivity contribution is 0.102. The van der Waals surface area contributed by atoms with Gasteiger partial charge in [-0.2, -0.15) is 10.2 Å². The summed E-state index contributed by atoms with van der Waals surface area (Å²) in [5, 5.41) is 12.3. The maximum atomic E-state index is 12.8. The van der Waals surface area contributed by atoms with Crippen LogP contribution in [0.2, 0.25) is 0 Å². The predicted octanol–water partition coefficient (Wildman–Crippen LogP) is 3.21. The van der Waals surface area contributed by atoms with Gasteiger partial charge in [-0.25, -0.2) is 19.3 Å². The zero-order valence-corrected chi connectivity index (χ0v) is 16.0. The van der Waals surface area contributed by atoms with Crippen molar-refractivity contribution in [2.24, 2.45) is 0 Å². The van der Waals surface area contributed by atoms with Crippen LogP contribution in [0.15, 0.2) is 49.2 Å². The zero-order valence-electron chi connectivity index (χ0n) is 16.0. The number of nitrogens with one attached hydrogen (secondary N) is 1. The molecule has 0 radical (unpaired) electrons. The van der Waals surface area contributed by atoms with Crippen LogP contribution in [0.25, 0.3) is 11.0 Å². The van der Waals surface area contributed by atoms with E-state index in [9.17, 15) is 4.79 Å². The second kappa shape index (κ2) is 7.22. The maximum Gasteiger partial charge on any atom is 0.257 e. The van der Waals surface area contributed by atoms with Crippen molar-refractivity contribution < 1.29 is 4.79 Å². The SMILES string of the molecule is Cc1nc2c(cnn2C(C)C)cc1C(=O)Nc1ccc(Cn2cncn2)cc1. The number of aromatic nitrogens is 6. The Labute approximate surface area is 162 Å². The Morgan fingerprint density at radius 2 is 1.96 bits per heavy atom. The van der Waals surface area contributed by atoms with Crippen molar-refractivity contribution in [3.63, 3.8) is 0 Å². The second-order valence-corrected chi connectivity index (χ2v) is 6.96. The van der Waals surface area contributed by atoms with Gasteiger partial charge < -0.3 is 5.32 Å². The highest BCUT2D eigenvalue weighted by Gasteiger charge is 2.15. The van der Waals surface area contributed by atoms with Crippen molar-refractivity contribution in [3.05, 3.63) is 66.0 Å². The van der Waals surface area contributed by atoms with E-state index in [-0.39, 0.29) is 11.9 Å². The van der Waals surface area contributed by atoms with Gasteiger partial charge in [0.1, 0.15) is 12.7 Å². The summed E-state index contributed by atoms with van der Waals surface area (Å²) >= 11 is 0. The Kier molecular flexibility index (Phi) is 4.60. The molecule has 3 aromatic heterocycles. The van der Waals surface area contributed by atoms with Gasteiger partial charge in [-0.3, -0.25) is 4.79 Å². The fourth-order valence-electron chi connectivity index (χ4n) is 3.07. The first-order chi connectivity index (χ1) is 13.5. The maximum absolute atomic E-state index is 12.8. The topological polar surface area (TPSA) is 90.5 Å². The van der Waals surface area contributed by atoms with Crippen molar-refractivity contribution in [1.82, 2.24) is 29.5 Å². The van der Waals surface area contributed by atoms with Crippen LogP contribution in [0, 0.1) is 6.92 Å². The van der Waals surface area contributed by atoms with Gasteiger partial charge in [0.05, 0.1) is 24.0 Å². The Hall–Kier alpha value is -3.55. The van der Waals surface area contributed by atoms with Crippen molar-refractivity contribution in [2.45, 2.75) is 33.4 Å². The molecule has 1 aromatic carbocycles. The average Bonchev–Trinajstić information content (AvgIpc) is 3.32. The fourth-order valence-corrected chi connectivity index (χ4v) is 3.07. The van der Waals surface area contributed by atoms with Gasteiger partial charge >= 0.3 is 0 Å². The summed E-state index contributed by atoms with van der Waals surface area (Å²) in [5.41, 5.74) is 3.81. The Bertz CT molecular complexity index is 1110. The minimum Gasteiger partial charge on any atom is -0.322 e. The molecule has 0 aliphatic rings. The number of fused-ring (bicyclic) bond motifs is 1. The molecular formula is C20H21N7O. The van der Waals surface area contributed by atoms with E-state index in [1.165, 1.54) is 6.33 Å². The highest BCUT2D eigenvalue weighted by Crippen LogP contribution is 2.20. The largest absolute Gasteiger partial charge is 0.322 e. The molecular weight excluding hydrogens is 354 g/mol. The molecule has 0 bridgehead atoms. The highest BCUT2D eigenvalue weighted by molar-refractivity contribution is 6.06. The van der Waals surface area contributed by atoms with Crippen LogP contribution in [0.1, 0.15) is 41.5 Å². The first-order valence-corrected chi connectivity index (χ1v) is 9.09. The Morgan fingerprint density at radius 1 is 1.18 bits per heavy atom. The number of aryl methyl sites for hydroxylation is 1. The van der Waals surface area contributed by atoms with Crippen LogP contribution in [0.5, 0.6) is 0 Å². The monoisotopic (exact) mass is 375 g/mol. The smallest absolute Gasteiger partial charge is 0.257 e. The van der Waals surface area contributed by atoms with E-state index in [0.29, 0.717) is 17.8 Å². The summed E-state index contributed by atoms with van der Waals surface area (Å²) in [4.78, 5) is 21.3. The number of hydrogen-bond donors (Lipinski definition) is 1. The Morgan fingerprint density at radius 3 is 2.64 bits per heavy atom. The van der Waals surface area contributed by atoms with E-state index >= 15 is 0 Å². The first-order valence-electron chi connectivity index (χ1n) is 9.09. The number of hydrogen-bond acceptors (Lipinski definition) is 5. The molecule has 0 atom stereocenters. The molecule has 8 heteroatoms. The molecule has 1 amide bonds. The molecule has 0 aliphatic carbocycles. The number of amides is 1. The molecule has 4 rings (SSSR count). The molecule has 0 fully saturated rings. The second-order valence-electron chi connectivity index (χ2n) is 6.96. The van der Waals surface area contributed by atoms with E-state index in [1.807, 2.05) is 41.9 Å². The molecule has 28 heavy (non-hydrogen) atoms. The minimum absolute atomic E-state index is 0.187. The van der Waals surface area contributed by atoms with E-state index in [1.54, 1.807) is 17.2 Å². The summed E-state index contributed by atoms with van der Waals surface area (Å²) in [6.07, 6.45) is 4.92. The van der Waals surface area contributed by atoms with E-state index < -0.39 is 0 Å². The van der Waals surface area contributed by atoms with Gasteiger partial charge in [-0.15, -0.1) is 0 Å². The molecule has 3 heterocycles. The van der Waals surface area contributed by atoms with Crippen molar-refractivity contribution in [1.29, 1.82) is 0 Å². The third-order valence-electron chi connectivity index (χ3n) is 4.52. The van der Waals surface area contributed by atoms with E-state index in [2.05, 4.69) is 39.3 Å². The van der Waals surface area contributed by atoms with Crippen LogP contribution in [0.3, 0.4) is 0 Å². The predicted molar refractivity (Wildman–Crippen MR) is 106 cm³/mol. The lowest BCUT2D eigenvalue weighted by Gasteiger charge is -2.10. The van der Waals surface area contributed by atoms with E-state index in [0.717, 1.165) is 22.3 Å². The van der Waals surface area contributed by atoms with Crippen molar-refractivity contribution >= 4 is 22.6 Å². The van der Waals surface area contributed by atoms with Crippen LogP contribution < -0.4 is 5.32 Å². The zero-order chi connectivity index (χ0) is 19.7. The number of carbonyl (C=O) groups is 1. The molecule has 0 saturated carbocycles. The molecule has 8 nitrogen and oxygen atoms in total. The number of benzene rings is 1. The van der Waals surface area contributed by atoms with Gasteiger partial charge in [-0.05, 0) is 44.5 Å². The number of pyridine rings is 1.